The first kappa shape index (κ1) is 13.5. The number of nitrogens with one attached hydrogen (secondary N) is 1. The number of aryl methyl sites for hydroxylation is 1. The lowest BCUT2D eigenvalue weighted by Gasteiger charge is -2.10. The Kier molecular flexibility index (Phi) is 3.08. The number of anilines is 2. The molecule has 4 aromatic rings. The van der Waals surface area contributed by atoms with Crippen molar-refractivity contribution in [1.29, 1.82) is 0 Å². The Labute approximate surface area is 133 Å². The van der Waals surface area contributed by atoms with Crippen molar-refractivity contribution in [3.8, 4) is 5.75 Å². The Morgan fingerprint density at radius 1 is 0.783 bits per heavy atom. The molecule has 4 heteroatoms. The maximum absolute atomic E-state index is 10.3. The van der Waals surface area contributed by atoms with Crippen LogP contribution in [0, 0.1) is 6.92 Å². The van der Waals surface area contributed by atoms with E-state index in [4.69, 9.17) is 0 Å². The van der Waals surface area contributed by atoms with Crippen LogP contribution in [-0.2, 0) is 0 Å². The van der Waals surface area contributed by atoms with E-state index in [0.29, 0.717) is 11.0 Å². The zero-order valence-corrected chi connectivity index (χ0v) is 12.6. The molecular weight excluding hydrogens is 286 g/mol. The number of phenolic OH excluding ortho intramolecular Hbond substituents is 1. The second-order valence-electron chi connectivity index (χ2n) is 5.57. The van der Waals surface area contributed by atoms with Gasteiger partial charge in [0.1, 0.15) is 11.3 Å². The topological polar surface area (TPSA) is 58.0 Å². The van der Waals surface area contributed by atoms with Gasteiger partial charge in [0.25, 0.3) is 0 Å². The van der Waals surface area contributed by atoms with Gasteiger partial charge in [0.05, 0.1) is 16.6 Å². The van der Waals surface area contributed by atoms with Gasteiger partial charge in [0, 0.05) is 17.4 Å². The molecule has 2 N–H and O–H groups in total. The van der Waals surface area contributed by atoms with Gasteiger partial charge in [-0.25, -0.2) is 9.97 Å². The molecule has 1 aromatic heterocycles. The second kappa shape index (κ2) is 5.25. The highest BCUT2D eigenvalue weighted by molar-refractivity contribution is 5.92. The highest BCUT2D eigenvalue weighted by Gasteiger charge is 2.08. The summed E-state index contributed by atoms with van der Waals surface area (Å²) in [7, 11) is 0. The average molecular weight is 301 g/mol. The van der Waals surface area contributed by atoms with Crippen LogP contribution < -0.4 is 5.32 Å². The van der Waals surface area contributed by atoms with Gasteiger partial charge in [-0.2, -0.15) is 0 Å². The molecule has 1 heterocycles. The molecule has 112 valence electrons. The molecule has 0 amide bonds. The Bertz CT molecular complexity index is 1030. The minimum Gasteiger partial charge on any atom is -0.506 e. The molecule has 0 radical (unpaired) electrons. The molecule has 0 saturated carbocycles. The monoisotopic (exact) mass is 301 g/mol. The lowest BCUT2D eigenvalue weighted by Crippen LogP contribution is -1.93. The molecule has 23 heavy (non-hydrogen) atoms. The molecule has 0 bridgehead atoms. The molecule has 0 aliphatic carbocycles. The van der Waals surface area contributed by atoms with Crippen LogP contribution >= 0.6 is 0 Å². The summed E-state index contributed by atoms with van der Waals surface area (Å²) in [5.41, 5.74) is 5.69. The quantitative estimate of drug-likeness (QED) is 0.534. The number of nitrogens with zero attached hydrogens (tertiary/aromatic N) is 2. The largest absolute Gasteiger partial charge is 0.506 e. The van der Waals surface area contributed by atoms with E-state index in [1.807, 2.05) is 61.5 Å². The van der Waals surface area contributed by atoms with E-state index in [2.05, 4.69) is 15.3 Å². The summed E-state index contributed by atoms with van der Waals surface area (Å²) >= 11 is 0. The van der Waals surface area contributed by atoms with Gasteiger partial charge in [-0.05, 0) is 42.8 Å². The van der Waals surface area contributed by atoms with Crippen LogP contribution in [0.2, 0.25) is 0 Å². The fraction of sp³-hybridized carbons (Fsp3) is 0.0526. The summed E-state index contributed by atoms with van der Waals surface area (Å²) in [5.74, 6) is 0.121. The number of hydrogen-bond acceptors (Lipinski definition) is 4. The average Bonchev–Trinajstić information content (AvgIpc) is 2.53. The van der Waals surface area contributed by atoms with Crippen molar-refractivity contribution in [2.24, 2.45) is 0 Å². The second-order valence-corrected chi connectivity index (χ2v) is 5.57. The van der Waals surface area contributed by atoms with Crippen LogP contribution in [0.1, 0.15) is 5.56 Å². The van der Waals surface area contributed by atoms with E-state index < -0.39 is 0 Å². The zero-order valence-electron chi connectivity index (χ0n) is 12.6. The molecule has 0 saturated heterocycles. The third kappa shape index (κ3) is 2.55. The summed E-state index contributed by atoms with van der Waals surface area (Å²) in [4.78, 5) is 9.10. The Morgan fingerprint density at radius 3 is 2.35 bits per heavy atom. The van der Waals surface area contributed by atoms with Crippen molar-refractivity contribution < 1.29 is 5.11 Å². The first-order valence-corrected chi connectivity index (χ1v) is 7.42. The van der Waals surface area contributed by atoms with Crippen molar-refractivity contribution in [1.82, 2.24) is 9.97 Å². The van der Waals surface area contributed by atoms with E-state index in [1.54, 1.807) is 6.07 Å². The summed E-state index contributed by atoms with van der Waals surface area (Å²) in [6.45, 7) is 2.04. The van der Waals surface area contributed by atoms with E-state index >= 15 is 0 Å². The lowest BCUT2D eigenvalue weighted by molar-refractivity contribution is 0.480. The van der Waals surface area contributed by atoms with E-state index in [9.17, 15) is 5.11 Å². The minimum atomic E-state index is 0.121. The predicted octanol–water partition coefficient (Wildman–Crippen LogP) is 4.54. The highest BCUT2D eigenvalue weighted by atomic mass is 16.3. The zero-order chi connectivity index (χ0) is 15.8. The van der Waals surface area contributed by atoms with Gasteiger partial charge < -0.3 is 10.4 Å². The molecule has 4 rings (SSSR count). The van der Waals surface area contributed by atoms with Crippen LogP contribution in [0.15, 0.2) is 60.7 Å². The number of para-hydroxylation sites is 2. The summed E-state index contributed by atoms with van der Waals surface area (Å²) in [5, 5.41) is 13.6. The maximum Gasteiger partial charge on any atom is 0.145 e. The van der Waals surface area contributed by atoms with Crippen LogP contribution in [0.25, 0.3) is 22.1 Å². The number of benzene rings is 3. The summed E-state index contributed by atoms with van der Waals surface area (Å²) in [6, 6.07) is 19.3. The number of aromatic hydroxyl groups is 1. The van der Waals surface area contributed by atoms with Crippen LogP contribution in [0.4, 0.5) is 11.4 Å². The summed E-state index contributed by atoms with van der Waals surface area (Å²) < 4.78 is 0. The summed E-state index contributed by atoms with van der Waals surface area (Å²) in [6.07, 6.45) is 0. The Balaban J connectivity index is 1.84. The molecule has 0 spiro atoms. The molecule has 3 aromatic carbocycles. The molecule has 0 fully saturated rings. The molecule has 4 nitrogen and oxygen atoms in total. The third-order valence-corrected chi connectivity index (χ3v) is 3.73. The molecule has 0 aliphatic rings. The van der Waals surface area contributed by atoms with E-state index in [0.717, 1.165) is 22.4 Å². The fourth-order valence-electron chi connectivity index (χ4n) is 2.67. The van der Waals surface area contributed by atoms with Crippen LogP contribution in [0.3, 0.4) is 0 Å². The SMILES string of the molecule is Cc1cccc(Nc2cc(O)c3nc4ccccc4nc3c2)c1. The number of fused-ring (bicyclic) bond motifs is 2. The standard InChI is InChI=1S/C19H15N3O/c1-12-5-4-6-13(9-12)20-14-10-17-19(18(23)11-14)22-16-8-3-2-7-15(16)21-17/h2-11,20,23H,1H3. The number of phenols is 1. The van der Waals surface area contributed by atoms with Crippen molar-refractivity contribution in [2.45, 2.75) is 6.92 Å². The molecule has 0 atom stereocenters. The van der Waals surface area contributed by atoms with Crippen LogP contribution in [-0.4, -0.2) is 15.1 Å². The van der Waals surface area contributed by atoms with Gasteiger partial charge in [-0.15, -0.1) is 0 Å². The van der Waals surface area contributed by atoms with Crippen molar-refractivity contribution >= 4 is 33.4 Å². The first-order valence-electron chi connectivity index (χ1n) is 7.42. The van der Waals surface area contributed by atoms with Gasteiger partial charge in [0.2, 0.25) is 0 Å². The molecule has 0 unspecified atom stereocenters. The molecule has 0 aliphatic heterocycles. The highest BCUT2D eigenvalue weighted by Crippen LogP contribution is 2.29. The van der Waals surface area contributed by atoms with E-state index in [-0.39, 0.29) is 5.75 Å². The van der Waals surface area contributed by atoms with Gasteiger partial charge >= 0.3 is 0 Å². The maximum atomic E-state index is 10.3. The molecular formula is C19H15N3O. The number of rotatable bonds is 2. The fourth-order valence-corrected chi connectivity index (χ4v) is 2.67. The third-order valence-electron chi connectivity index (χ3n) is 3.73. The Hall–Kier alpha value is -3.14. The smallest absolute Gasteiger partial charge is 0.145 e. The number of aromatic nitrogens is 2. The first-order chi connectivity index (χ1) is 11.2. The predicted molar refractivity (Wildman–Crippen MR) is 93.2 cm³/mol. The van der Waals surface area contributed by atoms with Crippen molar-refractivity contribution in [2.75, 3.05) is 5.32 Å². The van der Waals surface area contributed by atoms with Crippen molar-refractivity contribution in [3.63, 3.8) is 0 Å². The minimum absolute atomic E-state index is 0.121. The van der Waals surface area contributed by atoms with Gasteiger partial charge in [-0.1, -0.05) is 24.3 Å². The van der Waals surface area contributed by atoms with Gasteiger partial charge in [0.15, 0.2) is 0 Å². The van der Waals surface area contributed by atoms with Gasteiger partial charge in [-0.3, -0.25) is 0 Å². The Morgan fingerprint density at radius 2 is 1.57 bits per heavy atom. The number of hydrogen-bond donors (Lipinski definition) is 2. The van der Waals surface area contributed by atoms with Crippen molar-refractivity contribution in [3.05, 3.63) is 66.2 Å². The van der Waals surface area contributed by atoms with E-state index in [1.165, 1.54) is 5.56 Å². The lowest BCUT2D eigenvalue weighted by atomic mass is 10.2. The van der Waals surface area contributed by atoms with Crippen LogP contribution in [0.5, 0.6) is 5.75 Å². The normalized spacial score (nSPS) is 11.0.